The number of hydrogen-bond donors (Lipinski definition) is 0. The third-order valence-electron chi connectivity index (χ3n) is 3.56. The molecular formula is C13H25NS. The summed E-state index contributed by atoms with van der Waals surface area (Å²) in [5.74, 6) is 0. The Hall–Kier alpha value is -0.160. The van der Waals surface area contributed by atoms with Gasteiger partial charge in [-0.05, 0) is 33.4 Å². The third kappa shape index (κ3) is 4.07. The molecule has 0 spiro atoms. The van der Waals surface area contributed by atoms with E-state index < -0.39 is 0 Å². The van der Waals surface area contributed by atoms with Crippen LogP contribution in [0.25, 0.3) is 0 Å². The van der Waals surface area contributed by atoms with Gasteiger partial charge in [0.2, 0.25) is 0 Å². The van der Waals surface area contributed by atoms with Crippen LogP contribution in [-0.4, -0.2) is 11.0 Å². The Morgan fingerprint density at radius 1 is 1.13 bits per heavy atom. The van der Waals surface area contributed by atoms with Gasteiger partial charge in [0.1, 0.15) is 0 Å². The Morgan fingerprint density at radius 3 is 2.13 bits per heavy atom. The second kappa shape index (κ2) is 6.43. The second-order valence-corrected chi connectivity index (χ2v) is 6.29. The molecule has 1 atom stereocenters. The summed E-state index contributed by atoms with van der Waals surface area (Å²) in [4.78, 5) is 0. The summed E-state index contributed by atoms with van der Waals surface area (Å²) >= 11 is 1.84. The molecule has 0 saturated carbocycles. The average Bonchev–Trinajstić information content (AvgIpc) is 2.23. The maximum Gasteiger partial charge on any atom is 0.0698 e. The lowest BCUT2D eigenvalue weighted by atomic mass is 9.77. The predicted molar refractivity (Wildman–Crippen MR) is 70.1 cm³/mol. The lowest BCUT2D eigenvalue weighted by Gasteiger charge is -2.38. The summed E-state index contributed by atoms with van der Waals surface area (Å²) in [6.07, 6.45) is 8.41. The number of rotatable bonds is 7. The van der Waals surface area contributed by atoms with Crippen LogP contribution >= 0.6 is 11.8 Å². The fourth-order valence-electron chi connectivity index (χ4n) is 1.68. The van der Waals surface area contributed by atoms with Crippen LogP contribution in [0.3, 0.4) is 0 Å². The number of nitriles is 1. The quantitative estimate of drug-likeness (QED) is 0.592. The molecule has 0 aromatic heterocycles. The molecule has 1 unspecified atom stereocenters. The van der Waals surface area contributed by atoms with E-state index in [9.17, 15) is 5.26 Å². The molecule has 0 amide bonds. The van der Waals surface area contributed by atoms with E-state index in [-0.39, 0.29) is 10.2 Å². The lowest BCUT2D eigenvalue weighted by Crippen LogP contribution is -2.37. The summed E-state index contributed by atoms with van der Waals surface area (Å²) in [5.41, 5.74) is -0.237. The highest BCUT2D eigenvalue weighted by molar-refractivity contribution is 8.00. The van der Waals surface area contributed by atoms with E-state index in [0.717, 1.165) is 6.42 Å². The van der Waals surface area contributed by atoms with Gasteiger partial charge in [0.05, 0.1) is 11.5 Å². The SMILES string of the molecule is CCCCCCC(C)(SC)C(C)(C)C#N. The maximum absolute atomic E-state index is 9.20. The van der Waals surface area contributed by atoms with Crippen molar-refractivity contribution >= 4 is 11.8 Å². The zero-order valence-electron chi connectivity index (χ0n) is 10.9. The van der Waals surface area contributed by atoms with E-state index in [0.29, 0.717) is 0 Å². The Morgan fingerprint density at radius 2 is 1.73 bits per heavy atom. The molecule has 15 heavy (non-hydrogen) atoms. The Bertz CT molecular complexity index is 217. The number of hydrogen-bond acceptors (Lipinski definition) is 2. The molecular weight excluding hydrogens is 202 g/mol. The van der Waals surface area contributed by atoms with Crippen molar-refractivity contribution < 1.29 is 0 Å². The van der Waals surface area contributed by atoms with E-state index in [1.54, 1.807) is 0 Å². The molecule has 0 aliphatic carbocycles. The van der Waals surface area contributed by atoms with Crippen molar-refractivity contribution in [3.63, 3.8) is 0 Å². The van der Waals surface area contributed by atoms with Gasteiger partial charge in [0.15, 0.2) is 0 Å². The Kier molecular flexibility index (Phi) is 6.36. The molecule has 0 aromatic rings. The summed E-state index contributed by atoms with van der Waals surface area (Å²) in [6.45, 7) is 8.58. The van der Waals surface area contributed by atoms with Crippen LogP contribution in [0, 0.1) is 16.7 Å². The minimum atomic E-state index is -0.237. The zero-order chi connectivity index (χ0) is 11.9. The summed E-state index contributed by atoms with van der Waals surface area (Å²) in [5, 5.41) is 9.20. The van der Waals surface area contributed by atoms with Crippen LogP contribution in [0.4, 0.5) is 0 Å². The van der Waals surface area contributed by atoms with Crippen LogP contribution in [0.15, 0.2) is 0 Å². The first-order valence-corrected chi connectivity index (χ1v) is 7.12. The Labute approximate surface area is 99.6 Å². The van der Waals surface area contributed by atoms with E-state index in [1.165, 1.54) is 25.7 Å². The molecule has 0 rings (SSSR count). The molecule has 0 radical (unpaired) electrons. The number of unbranched alkanes of at least 4 members (excludes halogenated alkanes) is 3. The van der Waals surface area contributed by atoms with Crippen LogP contribution in [-0.2, 0) is 0 Å². The Balaban J connectivity index is 4.27. The van der Waals surface area contributed by atoms with Gasteiger partial charge in [-0.15, -0.1) is 0 Å². The zero-order valence-corrected chi connectivity index (χ0v) is 11.7. The maximum atomic E-state index is 9.20. The molecule has 2 heteroatoms. The topological polar surface area (TPSA) is 23.8 Å². The molecule has 0 saturated heterocycles. The van der Waals surface area contributed by atoms with Crippen LogP contribution < -0.4 is 0 Å². The van der Waals surface area contributed by atoms with Crippen molar-refractivity contribution in [2.45, 2.75) is 64.5 Å². The van der Waals surface area contributed by atoms with Crippen molar-refractivity contribution in [3.05, 3.63) is 0 Å². The molecule has 0 bridgehead atoms. The fourth-order valence-corrected chi connectivity index (χ4v) is 2.58. The highest BCUT2D eigenvalue weighted by Gasteiger charge is 2.40. The van der Waals surface area contributed by atoms with Crippen molar-refractivity contribution in [2.75, 3.05) is 6.26 Å². The predicted octanol–water partition coefficient (Wildman–Crippen LogP) is 4.63. The molecule has 0 fully saturated rings. The summed E-state index contributed by atoms with van der Waals surface area (Å²) in [7, 11) is 0. The molecule has 1 nitrogen and oxygen atoms in total. The van der Waals surface area contributed by atoms with Gasteiger partial charge in [-0.25, -0.2) is 0 Å². The van der Waals surface area contributed by atoms with E-state index in [4.69, 9.17) is 0 Å². The molecule has 0 aliphatic rings. The average molecular weight is 227 g/mol. The van der Waals surface area contributed by atoms with Gasteiger partial charge in [0, 0.05) is 4.75 Å². The molecule has 0 aromatic carbocycles. The van der Waals surface area contributed by atoms with Crippen molar-refractivity contribution in [1.29, 1.82) is 5.26 Å². The van der Waals surface area contributed by atoms with Crippen LogP contribution in [0.5, 0.6) is 0 Å². The van der Waals surface area contributed by atoms with Gasteiger partial charge in [-0.1, -0.05) is 32.6 Å². The molecule has 0 heterocycles. The van der Waals surface area contributed by atoms with Crippen molar-refractivity contribution in [3.8, 4) is 6.07 Å². The van der Waals surface area contributed by atoms with E-state index in [1.807, 2.05) is 11.8 Å². The first-order chi connectivity index (χ1) is 6.93. The van der Waals surface area contributed by atoms with Crippen LogP contribution in [0.1, 0.15) is 59.8 Å². The fraction of sp³-hybridized carbons (Fsp3) is 0.923. The lowest BCUT2D eigenvalue weighted by molar-refractivity contribution is 0.332. The first-order valence-electron chi connectivity index (χ1n) is 5.90. The van der Waals surface area contributed by atoms with Crippen LogP contribution in [0.2, 0.25) is 0 Å². The van der Waals surface area contributed by atoms with Crippen molar-refractivity contribution in [2.24, 2.45) is 5.41 Å². The van der Waals surface area contributed by atoms with Gasteiger partial charge in [0.25, 0.3) is 0 Å². The second-order valence-electron chi connectivity index (χ2n) is 4.98. The first kappa shape index (κ1) is 14.8. The van der Waals surface area contributed by atoms with Gasteiger partial charge in [-0.2, -0.15) is 17.0 Å². The van der Waals surface area contributed by atoms with E-state index >= 15 is 0 Å². The highest BCUT2D eigenvalue weighted by atomic mass is 32.2. The largest absolute Gasteiger partial charge is 0.198 e. The van der Waals surface area contributed by atoms with E-state index in [2.05, 4.69) is 40.0 Å². The summed E-state index contributed by atoms with van der Waals surface area (Å²) in [6, 6.07) is 2.45. The minimum absolute atomic E-state index is 0.0927. The monoisotopic (exact) mass is 227 g/mol. The summed E-state index contributed by atoms with van der Waals surface area (Å²) < 4.78 is 0.0927. The van der Waals surface area contributed by atoms with Crippen molar-refractivity contribution in [1.82, 2.24) is 0 Å². The number of thioether (sulfide) groups is 1. The molecule has 88 valence electrons. The van der Waals surface area contributed by atoms with Gasteiger partial charge < -0.3 is 0 Å². The standard InChI is InChI=1S/C13H25NS/c1-6-7-8-9-10-13(4,15-5)12(2,3)11-14/h6-10H2,1-5H3. The normalized spacial score (nSPS) is 15.7. The highest BCUT2D eigenvalue weighted by Crippen LogP contribution is 2.44. The van der Waals surface area contributed by atoms with Gasteiger partial charge >= 0.3 is 0 Å². The molecule has 0 N–H and O–H groups in total. The minimum Gasteiger partial charge on any atom is -0.198 e. The third-order valence-corrected chi connectivity index (χ3v) is 5.18. The smallest absolute Gasteiger partial charge is 0.0698 e. The molecule has 0 aliphatic heterocycles. The number of nitrogens with zero attached hydrogens (tertiary/aromatic N) is 1. The van der Waals surface area contributed by atoms with Gasteiger partial charge in [-0.3, -0.25) is 0 Å².